The molecule has 0 aliphatic rings. The molecule has 6 nitrogen and oxygen atoms in total. The van der Waals surface area contributed by atoms with E-state index in [1.54, 1.807) is 6.07 Å². The number of nitrogens with one attached hydrogen (secondary N) is 3. The van der Waals surface area contributed by atoms with Crippen molar-refractivity contribution in [2.24, 2.45) is 0 Å². The summed E-state index contributed by atoms with van der Waals surface area (Å²) in [6.07, 6.45) is 2.74. The van der Waals surface area contributed by atoms with E-state index < -0.39 is 0 Å². The number of imidazole rings is 1. The largest absolute Gasteiger partial charge is 0.342 e. The Bertz CT molecular complexity index is 1380. The topological polar surface area (TPSA) is 86.5 Å². The Morgan fingerprint density at radius 3 is 2.52 bits per heavy atom. The average molecular weight is 436 g/mol. The standard InChI is InChI=1S/C27H25N5O/c1-2-18-8-11-20(12-9-18)23-17-25(32-31-23)27(33)28-21-13-14-22-24(16-21)30-26(29-22)15-10-19-6-4-3-5-7-19/h3-9,11-14,16-17H,2,10,15H2,1H3,(H,28,33)(H,29,30)(H,31,32). The molecule has 0 saturated heterocycles. The van der Waals surface area contributed by atoms with E-state index in [1.165, 1.54) is 11.1 Å². The summed E-state index contributed by atoms with van der Waals surface area (Å²) >= 11 is 0. The number of amides is 1. The smallest absolute Gasteiger partial charge is 0.273 e. The number of hydrogen-bond donors (Lipinski definition) is 3. The van der Waals surface area contributed by atoms with Crippen molar-refractivity contribution in [1.82, 2.24) is 20.2 Å². The van der Waals surface area contributed by atoms with E-state index in [0.29, 0.717) is 11.4 Å². The zero-order valence-corrected chi connectivity index (χ0v) is 18.4. The van der Waals surface area contributed by atoms with Crippen LogP contribution in [0.25, 0.3) is 22.3 Å². The minimum Gasteiger partial charge on any atom is -0.342 e. The van der Waals surface area contributed by atoms with Crippen LogP contribution in [0.1, 0.15) is 34.4 Å². The van der Waals surface area contributed by atoms with Gasteiger partial charge in [0.1, 0.15) is 11.5 Å². The van der Waals surface area contributed by atoms with Crippen molar-refractivity contribution in [3.63, 3.8) is 0 Å². The number of rotatable bonds is 7. The van der Waals surface area contributed by atoms with Crippen molar-refractivity contribution in [2.45, 2.75) is 26.2 Å². The zero-order chi connectivity index (χ0) is 22.6. The highest BCUT2D eigenvalue weighted by molar-refractivity contribution is 6.04. The van der Waals surface area contributed by atoms with Crippen molar-refractivity contribution in [3.8, 4) is 11.3 Å². The Balaban J connectivity index is 1.26. The highest BCUT2D eigenvalue weighted by Crippen LogP contribution is 2.21. The van der Waals surface area contributed by atoms with Crippen molar-refractivity contribution >= 4 is 22.6 Å². The molecular formula is C27H25N5O. The van der Waals surface area contributed by atoms with Gasteiger partial charge in [-0.25, -0.2) is 4.98 Å². The molecule has 0 aliphatic heterocycles. The van der Waals surface area contributed by atoms with E-state index in [1.807, 2.05) is 48.5 Å². The predicted molar refractivity (Wildman–Crippen MR) is 131 cm³/mol. The van der Waals surface area contributed by atoms with Gasteiger partial charge >= 0.3 is 0 Å². The third-order valence-electron chi connectivity index (χ3n) is 5.76. The summed E-state index contributed by atoms with van der Waals surface area (Å²) in [5, 5.41) is 10.1. The lowest BCUT2D eigenvalue weighted by Gasteiger charge is -2.03. The molecule has 5 aromatic rings. The first-order valence-corrected chi connectivity index (χ1v) is 11.2. The molecule has 3 aromatic carbocycles. The first-order chi connectivity index (χ1) is 16.2. The highest BCUT2D eigenvalue weighted by Gasteiger charge is 2.12. The molecule has 2 heterocycles. The molecule has 33 heavy (non-hydrogen) atoms. The molecule has 2 aromatic heterocycles. The molecule has 1 amide bonds. The summed E-state index contributed by atoms with van der Waals surface area (Å²) in [5.41, 5.74) is 7.18. The molecule has 3 N–H and O–H groups in total. The minimum atomic E-state index is -0.234. The summed E-state index contributed by atoms with van der Waals surface area (Å²) in [5.74, 6) is 0.701. The highest BCUT2D eigenvalue weighted by atomic mass is 16.1. The maximum Gasteiger partial charge on any atom is 0.273 e. The van der Waals surface area contributed by atoms with E-state index in [4.69, 9.17) is 0 Å². The van der Waals surface area contributed by atoms with Crippen LogP contribution in [-0.2, 0) is 19.3 Å². The van der Waals surface area contributed by atoms with Crippen LogP contribution in [0.4, 0.5) is 5.69 Å². The minimum absolute atomic E-state index is 0.234. The Morgan fingerprint density at radius 1 is 0.909 bits per heavy atom. The molecule has 0 radical (unpaired) electrons. The fourth-order valence-corrected chi connectivity index (χ4v) is 3.86. The molecule has 0 spiro atoms. The molecule has 0 saturated carbocycles. The van der Waals surface area contributed by atoms with Gasteiger partial charge in [0.15, 0.2) is 0 Å². The van der Waals surface area contributed by atoms with Gasteiger partial charge in [-0.05, 0) is 48.2 Å². The molecule has 0 unspecified atom stereocenters. The van der Waals surface area contributed by atoms with E-state index in [0.717, 1.165) is 47.4 Å². The second kappa shape index (κ2) is 9.12. The molecule has 0 atom stereocenters. The molecule has 0 bridgehead atoms. The summed E-state index contributed by atoms with van der Waals surface area (Å²) in [4.78, 5) is 20.8. The Kier molecular flexibility index (Phi) is 5.72. The van der Waals surface area contributed by atoms with Crippen LogP contribution < -0.4 is 5.32 Å². The lowest BCUT2D eigenvalue weighted by molar-refractivity contribution is 0.102. The number of carbonyl (C=O) groups is 1. The second-order valence-corrected chi connectivity index (χ2v) is 8.07. The first-order valence-electron chi connectivity index (χ1n) is 11.2. The fourth-order valence-electron chi connectivity index (χ4n) is 3.86. The van der Waals surface area contributed by atoms with Gasteiger partial charge in [0.2, 0.25) is 0 Å². The number of aromatic amines is 2. The van der Waals surface area contributed by atoms with Crippen molar-refractivity contribution < 1.29 is 4.79 Å². The van der Waals surface area contributed by atoms with Crippen molar-refractivity contribution in [2.75, 3.05) is 5.32 Å². The number of H-pyrrole nitrogens is 2. The maximum absolute atomic E-state index is 12.8. The van der Waals surface area contributed by atoms with Gasteiger partial charge in [-0.15, -0.1) is 0 Å². The van der Waals surface area contributed by atoms with Crippen molar-refractivity contribution in [1.29, 1.82) is 0 Å². The van der Waals surface area contributed by atoms with E-state index in [2.05, 4.69) is 56.7 Å². The normalized spacial score (nSPS) is 11.1. The first kappa shape index (κ1) is 20.7. The van der Waals surface area contributed by atoms with Gasteiger partial charge < -0.3 is 10.3 Å². The van der Waals surface area contributed by atoms with Gasteiger partial charge in [0, 0.05) is 17.7 Å². The maximum atomic E-state index is 12.8. The molecule has 0 fully saturated rings. The fraction of sp³-hybridized carbons (Fsp3) is 0.148. The van der Waals surface area contributed by atoms with Gasteiger partial charge in [-0.1, -0.05) is 61.5 Å². The van der Waals surface area contributed by atoms with Crippen LogP contribution in [0.5, 0.6) is 0 Å². The van der Waals surface area contributed by atoms with Gasteiger partial charge in [-0.2, -0.15) is 5.10 Å². The Morgan fingerprint density at radius 2 is 1.73 bits per heavy atom. The Labute approximate surface area is 192 Å². The van der Waals surface area contributed by atoms with Crippen LogP contribution in [0, 0.1) is 0 Å². The average Bonchev–Trinajstić information content (AvgIpc) is 3.51. The number of nitrogens with zero attached hydrogens (tertiary/aromatic N) is 2. The van der Waals surface area contributed by atoms with Crippen molar-refractivity contribution in [3.05, 3.63) is 102 Å². The van der Waals surface area contributed by atoms with Crippen LogP contribution in [0.15, 0.2) is 78.9 Å². The molecule has 164 valence electrons. The Hall–Kier alpha value is -4.19. The van der Waals surface area contributed by atoms with E-state index >= 15 is 0 Å². The molecular weight excluding hydrogens is 410 g/mol. The third-order valence-corrected chi connectivity index (χ3v) is 5.76. The van der Waals surface area contributed by atoms with Crippen LogP contribution in [0.3, 0.4) is 0 Å². The number of benzene rings is 3. The number of aryl methyl sites for hydroxylation is 3. The van der Waals surface area contributed by atoms with Gasteiger partial charge in [0.25, 0.3) is 5.91 Å². The van der Waals surface area contributed by atoms with Crippen LogP contribution >= 0.6 is 0 Å². The summed E-state index contributed by atoms with van der Waals surface area (Å²) in [7, 11) is 0. The number of anilines is 1. The third kappa shape index (κ3) is 4.70. The summed E-state index contributed by atoms with van der Waals surface area (Å²) in [6, 6.07) is 26.0. The van der Waals surface area contributed by atoms with Crippen LogP contribution in [0.2, 0.25) is 0 Å². The SMILES string of the molecule is CCc1ccc(-c2cc(C(=O)Nc3ccc4nc(CCc5ccccc5)[nH]c4c3)[nH]n2)cc1. The zero-order valence-electron chi connectivity index (χ0n) is 18.4. The van der Waals surface area contributed by atoms with E-state index in [9.17, 15) is 4.79 Å². The molecule has 6 heteroatoms. The number of fused-ring (bicyclic) bond motifs is 1. The van der Waals surface area contributed by atoms with Crippen LogP contribution in [-0.4, -0.2) is 26.1 Å². The van der Waals surface area contributed by atoms with E-state index in [-0.39, 0.29) is 5.91 Å². The lowest BCUT2D eigenvalue weighted by atomic mass is 10.1. The quantitative estimate of drug-likeness (QED) is 0.313. The molecule has 0 aliphatic carbocycles. The number of hydrogen-bond acceptors (Lipinski definition) is 3. The molecule has 5 rings (SSSR count). The second-order valence-electron chi connectivity index (χ2n) is 8.07. The summed E-state index contributed by atoms with van der Waals surface area (Å²) < 4.78 is 0. The van der Waals surface area contributed by atoms with Gasteiger partial charge in [0.05, 0.1) is 16.7 Å². The number of carbonyl (C=O) groups excluding carboxylic acids is 1. The predicted octanol–water partition coefficient (Wildman–Crippen LogP) is 5.55. The summed E-state index contributed by atoms with van der Waals surface area (Å²) in [6.45, 7) is 2.12. The van der Waals surface area contributed by atoms with Gasteiger partial charge in [-0.3, -0.25) is 9.89 Å². The lowest BCUT2D eigenvalue weighted by Crippen LogP contribution is -2.12. The monoisotopic (exact) mass is 435 g/mol. The number of aromatic nitrogens is 4.